The summed E-state index contributed by atoms with van der Waals surface area (Å²) >= 11 is 0. The van der Waals surface area contributed by atoms with Crippen LogP contribution in [0, 0.1) is 0 Å². The van der Waals surface area contributed by atoms with E-state index in [1.54, 1.807) is 25.3 Å². The minimum atomic E-state index is -0.504. The average Bonchev–Trinajstić information content (AvgIpc) is 2.88. The Hall–Kier alpha value is -3.11. The van der Waals surface area contributed by atoms with E-state index in [-0.39, 0.29) is 6.61 Å². The molecule has 3 aromatic rings. The lowest BCUT2D eigenvalue weighted by Gasteiger charge is -2.16. The number of fused-ring (bicyclic) bond motifs is 3. The summed E-state index contributed by atoms with van der Waals surface area (Å²) in [5, 5.41) is 0.692. The fraction of sp³-hybridized carbons (Fsp3) is 0.423. The summed E-state index contributed by atoms with van der Waals surface area (Å²) in [6, 6.07) is 12.7. The molecule has 0 fully saturated rings. The third-order valence-corrected chi connectivity index (χ3v) is 5.29. The SMILES string of the molecule is COc1ccccc1-c1cc2ccc3c(c2oc1=O)OCCOCCOCCOCCOCCO3. The second-order valence-electron chi connectivity index (χ2n) is 7.61. The topological polar surface area (TPSA) is 94.8 Å². The second-order valence-corrected chi connectivity index (χ2v) is 7.61. The number of hydrogen-bond donors (Lipinski definition) is 0. The summed E-state index contributed by atoms with van der Waals surface area (Å²) in [6.07, 6.45) is 0. The quantitative estimate of drug-likeness (QED) is 0.506. The zero-order chi connectivity index (χ0) is 24.3. The van der Waals surface area contributed by atoms with Crippen LogP contribution in [-0.2, 0) is 18.9 Å². The van der Waals surface area contributed by atoms with Gasteiger partial charge in [0.25, 0.3) is 0 Å². The Morgan fingerprint density at radius 1 is 0.686 bits per heavy atom. The standard InChI is InChI=1S/C26H30O9/c1-28-22-5-3-2-4-20(22)21-18-19-6-7-23-25(24(19)35-26(21)27)34-17-15-32-13-11-30-9-8-29-10-12-31-14-16-33-23/h2-7,18H,8-17H2,1H3. The van der Waals surface area contributed by atoms with Crippen LogP contribution >= 0.6 is 0 Å². The summed E-state index contributed by atoms with van der Waals surface area (Å²) in [6.45, 7) is 4.08. The van der Waals surface area contributed by atoms with Gasteiger partial charge in [0.15, 0.2) is 11.3 Å². The van der Waals surface area contributed by atoms with Crippen molar-refractivity contribution in [3.8, 4) is 28.4 Å². The first-order chi connectivity index (χ1) is 17.3. The molecule has 9 heteroatoms. The molecular weight excluding hydrogens is 456 g/mol. The van der Waals surface area contributed by atoms with E-state index in [1.807, 2.05) is 24.3 Å². The molecule has 0 saturated heterocycles. The van der Waals surface area contributed by atoms with Gasteiger partial charge in [-0.1, -0.05) is 18.2 Å². The fourth-order valence-corrected chi connectivity index (χ4v) is 3.62. The van der Waals surface area contributed by atoms with Gasteiger partial charge in [-0.25, -0.2) is 4.79 Å². The van der Waals surface area contributed by atoms with Crippen LogP contribution in [0.25, 0.3) is 22.1 Å². The van der Waals surface area contributed by atoms with Crippen LogP contribution in [0.15, 0.2) is 51.7 Å². The van der Waals surface area contributed by atoms with E-state index >= 15 is 0 Å². The highest BCUT2D eigenvalue weighted by atomic mass is 16.6. The Bertz CT molecular complexity index is 1140. The zero-order valence-electron chi connectivity index (χ0n) is 19.8. The van der Waals surface area contributed by atoms with Crippen LogP contribution < -0.4 is 19.8 Å². The van der Waals surface area contributed by atoms with Gasteiger partial charge in [0.2, 0.25) is 5.75 Å². The molecule has 1 aliphatic heterocycles. The molecule has 0 radical (unpaired) electrons. The molecule has 35 heavy (non-hydrogen) atoms. The normalized spacial score (nSPS) is 16.8. The first kappa shape index (κ1) is 25.0. The number of para-hydroxylation sites is 1. The van der Waals surface area contributed by atoms with Crippen LogP contribution in [-0.4, -0.2) is 73.2 Å². The minimum Gasteiger partial charge on any atom is -0.496 e. The molecule has 9 nitrogen and oxygen atoms in total. The van der Waals surface area contributed by atoms with E-state index in [2.05, 4.69) is 0 Å². The Morgan fingerprint density at radius 3 is 1.94 bits per heavy atom. The lowest BCUT2D eigenvalue weighted by Crippen LogP contribution is -2.16. The van der Waals surface area contributed by atoms with Gasteiger partial charge >= 0.3 is 5.63 Å². The van der Waals surface area contributed by atoms with E-state index in [0.29, 0.717) is 98.8 Å². The van der Waals surface area contributed by atoms with Crippen molar-refractivity contribution < 1.29 is 37.6 Å². The number of rotatable bonds is 2. The van der Waals surface area contributed by atoms with E-state index in [0.717, 1.165) is 0 Å². The first-order valence-electron chi connectivity index (χ1n) is 11.6. The van der Waals surface area contributed by atoms with E-state index < -0.39 is 5.63 Å². The summed E-state index contributed by atoms with van der Waals surface area (Å²) in [5.74, 6) is 1.38. The Morgan fingerprint density at radius 2 is 1.29 bits per heavy atom. The van der Waals surface area contributed by atoms with Gasteiger partial charge < -0.3 is 37.6 Å². The molecule has 0 saturated carbocycles. The monoisotopic (exact) mass is 486 g/mol. The number of benzene rings is 2. The summed E-state index contributed by atoms with van der Waals surface area (Å²) in [4.78, 5) is 13.0. The molecule has 188 valence electrons. The molecule has 0 unspecified atom stereocenters. The predicted molar refractivity (Wildman–Crippen MR) is 129 cm³/mol. The Kier molecular flexibility index (Phi) is 9.36. The van der Waals surface area contributed by atoms with Gasteiger partial charge in [0.1, 0.15) is 19.0 Å². The third-order valence-electron chi connectivity index (χ3n) is 5.29. The highest BCUT2D eigenvalue weighted by Crippen LogP contribution is 2.37. The van der Waals surface area contributed by atoms with Gasteiger partial charge in [-0.05, 0) is 24.3 Å². The number of hydrogen-bond acceptors (Lipinski definition) is 9. The van der Waals surface area contributed by atoms with Crippen molar-refractivity contribution in [1.82, 2.24) is 0 Å². The molecule has 1 aliphatic rings. The van der Waals surface area contributed by atoms with E-state index in [4.69, 9.17) is 37.6 Å². The van der Waals surface area contributed by atoms with Crippen molar-refractivity contribution in [3.05, 3.63) is 52.9 Å². The maximum Gasteiger partial charge on any atom is 0.344 e. The average molecular weight is 487 g/mol. The largest absolute Gasteiger partial charge is 0.496 e. The highest BCUT2D eigenvalue weighted by molar-refractivity contribution is 5.89. The van der Waals surface area contributed by atoms with Crippen molar-refractivity contribution in [1.29, 1.82) is 0 Å². The smallest absolute Gasteiger partial charge is 0.344 e. The van der Waals surface area contributed by atoms with E-state index in [1.165, 1.54) is 0 Å². The Balaban J connectivity index is 1.61. The summed E-state index contributed by atoms with van der Waals surface area (Å²) in [5.41, 5.74) is 0.849. The highest BCUT2D eigenvalue weighted by Gasteiger charge is 2.18. The van der Waals surface area contributed by atoms with Crippen LogP contribution in [0.3, 0.4) is 0 Å². The summed E-state index contributed by atoms with van der Waals surface area (Å²) < 4.78 is 45.1. The molecule has 0 aliphatic carbocycles. The van der Waals surface area contributed by atoms with E-state index in [9.17, 15) is 4.79 Å². The zero-order valence-corrected chi connectivity index (χ0v) is 19.8. The molecule has 2 aromatic carbocycles. The predicted octanol–water partition coefficient (Wildman–Crippen LogP) is 3.31. The first-order valence-corrected chi connectivity index (χ1v) is 11.6. The molecule has 0 atom stereocenters. The molecule has 0 spiro atoms. The van der Waals surface area contributed by atoms with Crippen LogP contribution in [0.5, 0.6) is 17.2 Å². The van der Waals surface area contributed by atoms with Crippen molar-refractivity contribution in [3.63, 3.8) is 0 Å². The van der Waals surface area contributed by atoms with Crippen molar-refractivity contribution in [2.75, 3.05) is 73.2 Å². The van der Waals surface area contributed by atoms with Gasteiger partial charge in [0, 0.05) is 10.9 Å². The van der Waals surface area contributed by atoms with Crippen LogP contribution in [0.2, 0.25) is 0 Å². The fourth-order valence-electron chi connectivity index (χ4n) is 3.62. The van der Waals surface area contributed by atoms with Gasteiger partial charge in [-0.3, -0.25) is 0 Å². The van der Waals surface area contributed by atoms with Crippen LogP contribution in [0.4, 0.5) is 0 Å². The van der Waals surface area contributed by atoms with Gasteiger partial charge in [-0.2, -0.15) is 0 Å². The molecule has 1 aromatic heterocycles. The van der Waals surface area contributed by atoms with Gasteiger partial charge in [0.05, 0.1) is 65.5 Å². The molecule has 0 amide bonds. The summed E-state index contributed by atoms with van der Waals surface area (Å²) in [7, 11) is 1.56. The molecular formula is C26H30O9. The number of methoxy groups -OCH3 is 1. The Labute approximate surface area is 203 Å². The molecule has 0 bridgehead atoms. The minimum absolute atomic E-state index is 0.243. The number of ether oxygens (including phenoxy) is 7. The maximum atomic E-state index is 13.0. The van der Waals surface area contributed by atoms with Gasteiger partial charge in [-0.15, -0.1) is 0 Å². The molecule has 4 rings (SSSR count). The lowest BCUT2D eigenvalue weighted by atomic mass is 10.0. The second kappa shape index (κ2) is 13.1. The third kappa shape index (κ3) is 6.73. The maximum absolute atomic E-state index is 13.0. The molecule has 2 heterocycles. The van der Waals surface area contributed by atoms with Crippen molar-refractivity contribution in [2.45, 2.75) is 0 Å². The molecule has 0 N–H and O–H groups in total. The van der Waals surface area contributed by atoms with Crippen molar-refractivity contribution in [2.24, 2.45) is 0 Å². The lowest BCUT2D eigenvalue weighted by molar-refractivity contribution is -0.00838. The van der Waals surface area contributed by atoms with Crippen molar-refractivity contribution >= 4 is 11.0 Å². The van der Waals surface area contributed by atoms with Crippen LogP contribution in [0.1, 0.15) is 0 Å².